The molecule has 37 heavy (non-hydrogen) atoms. The molecule has 0 aliphatic carbocycles. The van der Waals surface area contributed by atoms with Crippen LogP contribution in [-0.2, 0) is 31.9 Å². The number of benzene rings is 3. The third-order valence-corrected chi connectivity index (χ3v) is 5.49. The van der Waals surface area contributed by atoms with E-state index in [4.69, 9.17) is 14.2 Å². The second kappa shape index (κ2) is 13.0. The summed E-state index contributed by atoms with van der Waals surface area (Å²) >= 11 is 0. The van der Waals surface area contributed by atoms with Gasteiger partial charge in [-0.1, -0.05) is 61.7 Å². The molecule has 0 N–H and O–H groups in total. The average Bonchev–Trinajstić information content (AvgIpc) is 2.90. The molecule has 0 saturated heterocycles. The molecular formula is C31H30O6. The zero-order valence-corrected chi connectivity index (χ0v) is 21.1. The van der Waals surface area contributed by atoms with Gasteiger partial charge in [0, 0.05) is 24.0 Å². The molecular weight excluding hydrogens is 468 g/mol. The Labute approximate surface area is 217 Å². The summed E-state index contributed by atoms with van der Waals surface area (Å²) in [4.78, 5) is 35.5. The van der Waals surface area contributed by atoms with Crippen molar-refractivity contribution in [3.8, 4) is 16.9 Å². The Morgan fingerprint density at radius 2 is 1.03 bits per heavy atom. The summed E-state index contributed by atoms with van der Waals surface area (Å²) in [6.45, 7) is 10.9. The highest BCUT2D eigenvalue weighted by Crippen LogP contribution is 2.22. The molecule has 0 aliphatic heterocycles. The molecule has 0 heterocycles. The molecule has 0 radical (unpaired) electrons. The zero-order valence-electron chi connectivity index (χ0n) is 21.1. The number of esters is 3. The van der Waals surface area contributed by atoms with Gasteiger partial charge in [0.2, 0.25) is 0 Å². The standard InChI is InChI=1S/C31H30O6/c1-21(2)29(32)35-19-17-23-5-9-25(10-6-23)26-11-13-27(14-12-26)31(34)37-28-15-7-24(8-16-28)18-20-36-30(33)22(3)4/h5-16H,1,3,17-20H2,2,4H3. The lowest BCUT2D eigenvalue weighted by molar-refractivity contribution is -0.139. The fourth-order valence-electron chi connectivity index (χ4n) is 3.32. The molecule has 0 atom stereocenters. The molecule has 3 aromatic carbocycles. The van der Waals surface area contributed by atoms with E-state index < -0.39 is 11.9 Å². The third-order valence-electron chi connectivity index (χ3n) is 5.49. The predicted octanol–water partition coefficient (Wildman–Crippen LogP) is 5.90. The maximum Gasteiger partial charge on any atom is 0.343 e. The highest BCUT2D eigenvalue weighted by molar-refractivity contribution is 5.91. The van der Waals surface area contributed by atoms with E-state index in [1.165, 1.54) is 0 Å². The lowest BCUT2D eigenvalue weighted by Gasteiger charge is -2.08. The van der Waals surface area contributed by atoms with Crippen LogP contribution in [0.5, 0.6) is 5.75 Å². The predicted molar refractivity (Wildman–Crippen MR) is 142 cm³/mol. The van der Waals surface area contributed by atoms with Crippen molar-refractivity contribution in [2.75, 3.05) is 13.2 Å². The number of hydrogen-bond acceptors (Lipinski definition) is 6. The monoisotopic (exact) mass is 498 g/mol. The summed E-state index contributed by atoms with van der Waals surface area (Å²) in [5.74, 6) is -0.811. The van der Waals surface area contributed by atoms with Gasteiger partial charge in [-0.25, -0.2) is 14.4 Å². The molecule has 3 aromatic rings. The van der Waals surface area contributed by atoms with Crippen LogP contribution in [0, 0.1) is 0 Å². The summed E-state index contributed by atoms with van der Waals surface area (Å²) in [5.41, 5.74) is 5.17. The number of carbonyl (C=O) groups is 3. The lowest BCUT2D eigenvalue weighted by atomic mass is 10.0. The van der Waals surface area contributed by atoms with E-state index in [1.54, 1.807) is 38.1 Å². The summed E-state index contributed by atoms with van der Waals surface area (Å²) in [5, 5.41) is 0. The minimum atomic E-state index is -0.450. The summed E-state index contributed by atoms with van der Waals surface area (Å²) < 4.78 is 15.7. The first-order valence-electron chi connectivity index (χ1n) is 11.9. The highest BCUT2D eigenvalue weighted by atomic mass is 16.5. The van der Waals surface area contributed by atoms with Crippen LogP contribution in [-0.4, -0.2) is 31.1 Å². The van der Waals surface area contributed by atoms with Crippen molar-refractivity contribution in [3.05, 3.63) is 114 Å². The molecule has 6 heteroatoms. The molecule has 0 aromatic heterocycles. The summed E-state index contributed by atoms with van der Waals surface area (Å²) in [7, 11) is 0. The molecule has 190 valence electrons. The van der Waals surface area contributed by atoms with Crippen LogP contribution in [0.1, 0.15) is 35.3 Å². The van der Waals surface area contributed by atoms with Crippen molar-refractivity contribution in [2.24, 2.45) is 0 Å². The first kappa shape index (κ1) is 27.1. The quantitative estimate of drug-likeness (QED) is 0.186. The van der Waals surface area contributed by atoms with Gasteiger partial charge in [0.1, 0.15) is 5.75 Å². The van der Waals surface area contributed by atoms with Crippen molar-refractivity contribution >= 4 is 17.9 Å². The van der Waals surface area contributed by atoms with Crippen molar-refractivity contribution in [1.29, 1.82) is 0 Å². The Hall–Kier alpha value is -4.45. The van der Waals surface area contributed by atoms with Gasteiger partial charge < -0.3 is 14.2 Å². The van der Waals surface area contributed by atoms with Gasteiger partial charge in [-0.15, -0.1) is 0 Å². The smallest absolute Gasteiger partial charge is 0.343 e. The lowest BCUT2D eigenvalue weighted by Crippen LogP contribution is -2.09. The van der Waals surface area contributed by atoms with Crippen molar-refractivity contribution in [3.63, 3.8) is 0 Å². The van der Waals surface area contributed by atoms with E-state index in [0.717, 1.165) is 22.3 Å². The molecule has 0 bridgehead atoms. The van der Waals surface area contributed by atoms with Crippen molar-refractivity contribution in [2.45, 2.75) is 26.7 Å². The van der Waals surface area contributed by atoms with Gasteiger partial charge in [-0.05, 0) is 60.4 Å². The van der Waals surface area contributed by atoms with Crippen molar-refractivity contribution in [1.82, 2.24) is 0 Å². The SMILES string of the molecule is C=C(C)C(=O)OCCc1ccc(OC(=O)c2ccc(-c3ccc(CCOC(=O)C(=C)C)cc3)cc2)cc1. The molecule has 0 amide bonds. The number of hydrogen-bond donors (Lipinski definition) is 0. The Balaban J connectivity index is 1.50. The molecule has 0 aliphatic rings. The van der Waals surface area contributed by atoms with E-state index in [9.17, 15) is 14.4 Å². The van der Waals surface area contributed by atoms with E-state index in [2.05, 4.69) is 13.2 Å². The maximum absolute atomic E-state index is 12.6. The first-order valence-corrected chi connectivity index (χ1v) is 11.9. The molecule has 0 unspecified atom stereocenters. The normalized spacial score (nSPS) is 10.3. The van der Waals surface area contributed by atoms with Gasteiger partial charge in [-0.3, -0.25) is 0 Å². The van der Waals surface area contributed by atoms with E-state index in [1.807, 2.05) is 48.5 Å². The Morgan fingerprint density at radius 3 is 1.46 bits per heavy atom. The van der Waals surface area contributed by atoms with E-state index in [0.29, 0.717) is 41.9 Å². The van der Waals surface area contributed by atoms with Gasteiger partial charge in [0.15, 0.2) is 0 Å². The van der Waals surface area contributed by atoms with Gasteiger partial charge in [0.05, 0.1) is 18.8 Å². The maximum atomic E-state index is 12.6. The van der Waals surface area contributed by atoms with Gasteiger partial charge in [0.25, 0.3) is 0 Å². The first-order chi connectivity index (χ1) is 17.7. The number of rotatable bonds is 11. The zero-order chi connectivity index (χ0) is 26.8. The number of carbonyl (C=O) groups excluding carboxylic acids is 3. The van der Waals surface area contributed by atoms with Crippen LogP contribution in [0.25, 0.3) is 11.1 Å². The molecule has 0 saturated carbocycles. The van der Waals surface area contributed by atoms with Crippen LogP contribution < -0.4 is 4.74 Å². The summed E-state index contributed by atoms with van der Waals surface area (Å²) in [6.07, 6.45) is 1.17. The fourth-order valence-corrected chi connectivity index (χ4v) is 3.32. The second-order valence-corrected chi connectivity index (χ2v) is 8.64. The Bertz CT molecular complexity index is 1270. The van der Waals surface area contributed by atoms with Crippen LogP contribution in [0.4, 0.5) is 0 Å². The highest BCUT2D eigenvalue weighted by Gasteiger charge is 2.10. The minimum Gasteiger partial charge on any atom is -0.462 e. The van der Waals surface area contributed by atoms with E-state index in [-0.39, 0.29) is 12.6 Å². The molecule has 3 rings (SSSR count). The number of ether oxygens (including phenoxy) is 3. The average molecular weight is 499 g/mol. The second-order valence-electron chi connectivity index (χ2n) is 8.64. The Morgan fingerprint density at radius 1 is 0.622 bits per heavy atom. The summed E-state index contributed by atoms with van der Waals surface area (Å²) in [6, 6.07) is 22.2. The van der Waals surface area contributed by atoms with Crippen LogP contribution >= 0.6 is 0 Å². The topological polar surface area (TPSA) is 78.9 Å². The molecule has 0 spiro atoms. The Kier molecular flexibility index (Phi) is 9.55. The van der Waals surface area contributed by atoms with Gasteiger partial charge in [-0.2, -0.15) is 0 Å². The molecule has 6 nitrogen and oxygen atoms in total. The van der Waals surface area contributed by atoms with Gasteiger partial charge >= 0.3 is 17.9 Å². The fraction of sp³-hybridized carbons (Fsp3) is 0.194. The van der Waals surface area contributed by atoms with Crippen LogP contribution in [0.15, 0.2) is 97.1 Å². The van der Waals surface area contributed by atoms with Crippen LogP contribution in [0.2, 0.25) is 0 Å². The largest absolute Gasteiger partial charge is 0.462 e. The minimum absolute atomic E-state index is 0.255. The van der Waals surface area contributed by atoms with Crippen molar-refractivity contribution < 1.29 is 28.6 Å². The molecule has 0 fully saturated rings. The third kappa shape index (κ3) is 8.32. The van der Waals surface area contributed by atoms with Crippen LogP contribution in [0.3, 0.4) is 0 Å². The van der Waals surface area contributed by atoms with E-state index >= 15 is 0 Å².